The summed E-state index contributed by atoms with van der Waals surface area (Å²) in [5.74, 6) is 5.85. The molecule has 0 spiro atoms. The minimum atomic E-state index is 0.640. The molecule has 0 fully saturated rings. The summed E-state index contributed by atoms with van der Waals surface area (Å²) in [7, 11) is 0. The van der Waals surface area contributed by atoms with Gasteiger partial charge in [0.2, 0.25) is 0 Å². The molecule has 0 bridgehead atoms. The normalized spacial score (nSPS) is 11.6. The highest BCUT2D eigenvalue weighted by atomic mass is 15.1. The number of hydrogen-bond acceptors (Lipinski definition) is 9. The van der Waals surface area contributed by atoms with E-state index in [1.54, 1.807) is 0 Å². The molecule has 666 valence electrons. The first-order valence-corrected chi connectivity index (χ1v) is 48.2. The molecule has 12 heteroatoms. The molecule has 0 unspecified atom stereocenters. The summed E-state index contributed by atoms with van der Waals surface area (Å²) in [4.78, 5) is 45.5. The molecule has 6 aromatic heterocycles. The molecule has 29 rings (SSSR count). The van der Waals surface area contributed by atoms with Gasteiger partial charge in [-0.2, -0.15) is 0 Å². The van der Waals surface area contributed by atoms with Crippen molar-refractivity contribution in [3.8, 4) is 120 Å². The van der Waals surface area contributed by atoms with Gasteiger partial charge in [-0.25, -0.2) is 44.9 Å². The highest BCUT2D eigenvalue weighted by Gasteiger charge is 2.25. The highest BCUT2D eigenvalue weighted by Crippen LogP contribution is 2.45. The van der Waals surface area contributed by atoms with E-state index in [1.807, 2.05) is 97.1 Å². The molecule has 12 nitrogen and oxygen atoms in total. The Kier molecular flexibility index (Phi) is 20.3. The standard InChI is InChI=1S/2C45H28N4.C41H26N4/c1-2-14-30(15-3-1)43-46-44(37-23-10-18-29-13-6-7-19-33(29)37)48-45(47-43)38-24-11-22-35-34(38)21-12-26-41(35)49-40-25-9-8-20-36(40)39-27-31-16-4-5-17-32(31)28-42(39)49;1-2-13-31(14-3-1)43-46-44(48-45(47-43)37-21-10-17-29-12-6-7-19-35(29)37)34-25-24-30-18-11-23-41(38(30)27-34)49-40-22-9-8-20-36(40)39-26-32-15-4-5-16-33(32)28-42(39)49;1-3-12-28(13-4-1)39-42-40(29-14-5-2-6-15-29)44-41(43-39)32-23-22-27-18-11-21-37(34(27)25-32)45-36-20-10-9-19-33(36)35-24-30-16-7-8-17-31(30)26-38(35)45/h2*1-28H;1-26H. The molecule has 0 radical (unpaired) electrons. The number of hydrogen-bond donors (Lipinski definition) is 0. The van der Waals surface area contributed by atoms with Crippen LogP contribution < -0.4 is 0 Å². The number of nitrogens with zero attached hydrogens (tertiary/aromatic N) is 12. The van der Waals surface area contributed by atoms with Crippen LogP contribution in [0.1, 0.15) is 0 Å². The molecule has 0 saturated carbocycles. The van der Waals surface area contributed by atoms with Crippen molar-refractivity contribution >= 4 is 152 Å². The van der Waals surface area contributed by atoms with Crippen molar-refractivity contribution in [3.63, 3.8) is 0 Å². The fraction of sp³-hybridized carbons (Fsp3) is 0. The van der Waals surface area contributed by atoms with Crippen LogP contribution in [-0.4, -0.2) is 58.6 Å². The molecule has 0 saturated heterocycles. The average Bonchev–Trinajstić information content (AvgIpc) is 1.59. The summed E-state index contributed by atoms with van der Waals surface area (Å²) < 4.78 is 7.22. The minimum absolute atomic E-state index is 0.640. The Labute approximate surface area is 821 Å². The van der Waals surface area contributed by atoms with E-state index >= 15 is 0 Å². The van der Waals surface area contributed by atoms with Gasteiger partial charge in [0.1, 0.15) is 0 Å². The molecular formula is C131H82N12. The number of fused-ring (bicyclic) bond motifs is 17. The van der Waals surface area contributed by atoms with E-state index in [1.165, 1.54) is 97.7 Å². The van der Waals surface area contributed by atoms with Crippen molar-refractivity contribution in [3.05, 3.63) is 497 Å². The number of aromatic nitrogens is 12. The lowest BCUT2D eigenvalue weighted by Gasteiger charge is -2.15. The second-order valence-electron chi connectivity index (χ2n) is 36.2. The first kappa shape index (κ1) is 83.0. The fourth-order valence-corrected chi connectivity index (χ4v) is 21.1. The average molecular weight is 1820 g/mol. The zero-order chi connectivity index (χ0) is 94.4. The van der Waals surface area contributed by atoms with E-state index in [9.17, 15) is 0 Å². The van der Waals surface area contributed by atoms with Crippen LogP contribution in [0, 0.1) is 0 Å². The van der Waals surface area contributed by atoms with E-state index in [0.29, 0.717) is 52.4 Å². The predicted molar refractivity (Wildman–Crippen MR) is 591 cm³/mol. The number of rotatable bonds is 12. The van der Waals surface area contributed by atoms with Crippen molar-refractivity contribution in [2.45, 2.75) is 0 Å². The molecule has 29 aromatic rings. The third-order valence-corrected chi connectivity index (χ3v) is 27.8. The van der Waals surface area contributed by atoms with E-state index in [0.717, 1.165) is 121 Å². The third-order valence-electron chi connectivity index (χ3n) is 27.8. The second-order valence-corrected chi connectivity index (χ2v) is 36.2. The summed E-state index contributed by atoms with van der Waals surface area (Å²) in [5.41, 5.74) is 19.1. The lowest BCUT2D eigenvalue weighted by molar-refractivity contribution is 1.07. The molecule has 0 aliphatic carbocycles. The summed E-state index contributed by atoms with van der Waals surface area (Å²) in [6.45, 7) is 0. The molecule has 0 N–H and O–H groups in total. The van der Waals surface area contributed by atoms with Crippen molar-refractivity contribution in [1.82, 2.24) is 58.6 Å². The van der Waals surface area contributed by atoms with E-state index in [4.69, 9.17) is 44.9 Å². The summed E-state index contributed by atoms with van der Waals surface area (Å²) in [6, 6.07) is 175. The van der Waals surface area contributed by atoms with Gasteiger partial charge in [0, 0.05) is 98.5 Å². The van der Waals surface area contributed by atoms with Crippen LogP contribution in [0.3, 0.4) is 0 Å². The van der Waals surface area contributed by atoms with Crippen molar-refractivity contribution in [2.24, 2.45) is 0 Å². The maximum atomic E-state index is 5.20. The monoisotopic (exact) mass is 1820 g/mol. The first-order valence-electron chi connectivity index (χ1n) is 48.2. The van der Waals surface area contributed by atoms with E-state index in [-0.39, 0.29) is 0 Å². The minimum Gasteiger partial charge on any atom is -0.309 e. The Morgan fingerprint density at radius 3 is 0.685 bits per heavy atom. The number of benzene rings is 23. The summed E-state index contributed by atoms with van der Waals surface area (Å²) in [6.07, 6.45) is 0. The molecule has 0 amide bonds. The molecule has 0 atom stereocenters. The van der Waals surface area contributed by atoms with Crippen molar-refractivity contribution < 1.29 is 0 Å². The molecule has 0 aliphatic heterocycles. The van der Waals surface area contributed by atoms with Crippen LogP contribution in [0.5, 0.6) is 0 Å². The van der Waals surface area contributed by atoms with Gasteiger partial charge in [0.15, 0.2) is 52.4 Å². The molecule has 143 heavy (non-hydrogen) atoms. The fourth-order valence-electron chi connectivity index (χ4n) is 21.1. The van der Waals surface area contributed by atoms with Gasteiger partial charge in [0.05, 0.1) is 50.2 Å². The third kappa shape index (κ3) is 14.8. The molecule has 23 aromatic carbocycles. The number of para-hydroxylation sites is 3. The van der Waals surface area contributed by atoms with Gasteiger partial charge < -0.3 is 13.7 Å². The largest absolute Gasteiger partial charge is 0.309 e. The van der Waals surface area contributed by atoms with Gasteiger partial charge >= 0.3 is 0 Å². The Morgan fingerprint density at radius 2 is 0.336 bits per heavy atom. The Hall–Kier alpha value is -19.4. The zero-order valence-electron chi connectivity index (χ0n) is 77.2. The molecule has 0 aliphatic rings. The first-order chi connectivity index (χ1) is 70.9. The van der Waals surface area contributed by atoms with Crippen LogP contribution in [0.15, 0.2) is 497 Å². The van der Waals surface area contributed by atoms with Crippen molar-refractivity contribution in [1.29, 1.82) is 0 Å². The van der Waals surface area contributed by atoms with Crippen LogP contribution in [0.2, 0.25) is 0 Å². The molecule has 6 heterocycles. The predicted octanol–water partition coefficient (Wildman–Crippen LogP) is 33.1. The van der Waals surface area contributed by atoms with Gasteiger partial charge in [-0.05, 0) is 155 Å². The Balaban J connectivity index is 0.000000107. The van der Waals surface area contributed by atoms with Crippen molar-refractivity contribution in [2.75, 3.05) is 0 Å². The molecular weight excluding hydrogens is 1740 g/mol. The lowest BCUT2D eigenvalue weighted by Crippen LogP contribution is -2.01. The second kappa shape index (κ2) is 35.0. The van der Waals surface area contributed by atoms with Crippen LogP contribution in [0.4, 0.5) is 0 Å². The Bertz CT molecular complexity index is 9910. The maximum absolute atomic E-state index is 5.20. The van der Waals surface area contributed by atoms with Crippen LogP contribution in [-0.2, 0) is 0 Å². The quantitative estimate of drug-likeness (QED) is 0.117. The van der Waals surface area contributed by atoms with E-state index < -0.39 is 0 Å². The lowest BCUT2D eigenvalue weighted by atomic mass is 10.0. The Morgan fingerprint density at radius 1 is 0.112 bits per heavy atom. The van der Waals surface area contributed by atoms with Gasteiger partial charge in [-0.15, -0.1) is 0 Å². The summed E-state index contributed by atoms with van der Waals surface area (Å²) in [5, 5.41) is 26.1. The maximum Gasteiger partial charge on any atom is 0.164 e. The van der Waals surface area contributed by atoms with Gasteiger partial charge in [0.25, 0.3) is 0 Å². The van der Waals surface area contributed by atoms with Gasteiger partial charge in [-0.3, -0.25) is 0 Å². The highest BCUT2D eigenvalue weighted by molar-refractivity contribution is 6.19. The van der Waals surface area contributed by atoms with Gasteiger partial charge in [-0.1, -0.05) is 413 Å². The zero-order valence-corrected chi connectivity index (χ0v) is 77.2. The topological polar surface area (TPSA) is 131 Å². The van der Waals surface area contributed by atoms with E-state index in [2.05, 4.69) is 414 Å². The smallest absolute Gasteiger partial charge is 0.164 e. The summed E-state index contributed by atoms with van der Waals surface area (Å²) >= 11 is 0. The van der Waals surface area contributed by atoms with Crippen LogP contribution >= 0.6 is 0 Å². The SMILES string of the molecule is c1ccc(-c2nc(-c3ccc4cccc(-n5c6ccccc6c6cc7ccccc7cc65)c4c3)nc(-c3cccc4ccccc34)n2)cc1.c1ccc(-c2nc(-c3cccc4ccccc34)nc(-c3cccc4c(-n5c6ccccc6c6cc7ccccc7cc65)cccc34)n2)cc1.c1ccc(-c2nc(-c3ccccc3)nc(-c3ccc4cccc(-n5c6ccccc6c6cc7ccccc7cc65)c4c3)n2)cc1. The van der Waals surface area contributed by atoms with Crippen LogP contribution in [0.25, 0.3) is 271 Å².